The fraction of sp³-hybridized carbons (Fsp3) is 0.377. The van der Waals surface area contributed by atoms with Gasteiger partial charge in [0.25, 0.3) is 5.91 Å². The van der Waals surface area contributed by atoms with Crippen molar-refractivity contribution in [1.82, 2.24) is 4.90 Å². The van der Waals surface area contributed by atoms with Crippen molar-refractivity contribution in [1.29, 1.82) is 5.26 Å². The fourth-order valence-corrected chi connectivity index (χ4v) is 10.1. The Kier molecular flexibility index (Phi) is 14.6. The second-order valence-electron chi connectivity index (χ2n) is 16.9. The second-order valence-corrected chi connectivity index (χ2v) is 16.9. The lowest BCUT2D eigenvalue weighted by atomic mass is 9.55. The van der Waals surface area contributed by atoms with Gasteiger partial charge in [-0.1, -0.05) is 79.2 Å². The lowest BCUT2D eigenvalue weighted by Gasteiger charge is -2.60. The Labute approximate surface area is 381 Å². The summed E-state index contributed by atoms with van der Waals surface area (Å²) in [4.78, 5) is 23.5. The molecule has 2 aliphatic carbocycles. The molecule has 2 heterocycles. The number of hydrogen-bond donors (Lipinski definition) is 2. The first-order valence-corrected chi connectivity index (χ1v) is 22.6. The molecular formula is C53H57N3O9. The number of ether oxygens (including phenoxy) is 5. The van der Waals surface area contributed by atoms with E-state index in [0.29, 0.717) is 59.3 Å². The van der Waals surface area contributed by atoms with Gasteiger partial charge < -0.3 is 43.6 Å². The molecule has 0 radical (unpaired) electrons. The minimum absolute atomic E-state index is 0.0276. The molecule has 6 unspecified atom stereocenters. The molecule has 12 nitrogen and oxygen atoms in total. The van der Waals surface area contributed by atoms with Gasteiger partial charge in [0.2, 0.25) is 12.6 Å². The van der Waals surface area contributed by atoms with Gasteiger partial charge in [-0.25, -0.2) is 0 Å². The molecular weight excluding hydrogens is 823 g/mol. The summed E-state index contributed by atoms with van der Waals surface area (Å²) >= 11 is 0. The van der Waals surface area contributed by atoms with Crippen LogP contribution in [0.4, 0.5) is 0 Å². The third kappa shape index (κ3) is 9.69. The molecule has 0 aromatic heterocycles. The van der Waals surface area contributed by atoms with Crippen molar-refractivity contribution in [3.63, 3.8) is 0 Å². The fourth-order valence-electron chi connectivity index (χ4n) is 10.1. The number of oxime groups is 1. The van der Waals surface area contributed by atoms with Crippen LogP contribution < -0.4 is 18.9 Å². The molecule has 12 heteroatoms. The van der Waals surface area contributed by atoms with Crippen molar-refractivity contribution < 1.29 is 43.5 Å². The molecule has 1 amide bonds. The molecule has 0 spiro atoms. The van der Waals surface area contributed by atoms with Crippen molar-refractivity contribution in [3.8, 4) is 29.1 Å². The zero-order chi connectivity index (χ0) is 45.2. The van der Waals surface area contributed by atoms with E-state index in [9.17, 15) is 15.5 Å². The molecule has 4 aromatic rings. The van der Waals surface area contributed by atoms with Crippen molar-refractivity contribution in [2.24, 2.45) is 22.9 Å². The van der Waals surface area contributed by atoms with Gasteiger partial charge in [-0.05, 0) is 109 Å². The van der Waals surface area contributed by atoms with Crippen molar-refractivity contribution >= 4 is 11.6 Å². The van der Waals surface area contributed by atoms with E-state index in [1.807, 2.05) is 65.6 Å². The van der Waals surface area contributed by atoms with Crippen molar-refractivity contribution in [2.45, 2.75) is 75.8 Å². The number of allylic oxidation sites excluding steroid dienone is 1. The normalized spacial score (nSPS) is 22.9. The lowest BCUT2D eigenvalue weighted by molar-refractivity contribution is -0.255. The predicted octanol–water partition coefficient (Wildman–Crippen LogP) is 9.03. The number of carbonyl (C=O) groups is 1. The maximum absolute atomic E-state index is 15.5. The summed E-state index contributed by atoms with van der Waals surface area (Å²) < 4.78 is 32.3. The number of amides is 1. The number of benzene rings is 4. The van der Waals surface area contributed by atoms with Crippen LogP contribution in [0, 0.1) is 29.1 Å². The van der Waals surface area contributed by atoms with Crippen LogP contribution >= 0.6 is 0 Å². The molecule has 0 bridgehead atoms. The van der Waals surface area contributed by atoms with E-state index in [-0.39, 0.29) is 69.8 Å². The van der Waals surface area contributed by atoms with E-state index >= 15 is 4.79 Å². The molecule has 4 aromatic carbocycles. The number of hydrogen-bond acceptors (Lipinski definition) is 11. The van der Waals surface area contributed by atoms with Crippen LogP contribution in [0.25, 0.3) is 0 Å². The molecule has 0 saturated heterocycles. The summed E-state index contributed by atoms with van der Waals surface area (Å²) in [6.45, 7) is 8.99. The average molecular weight is 880 g/mol. The first kappa shape index (κ1) is 45.2. The third-order valence-corrected chi connectivity index (χ3v) is 12.9. The van der Waals surface area contributed by atoms with Gasteiger partial charge in [0, 0.05) is 43.2 Å². The van der Waals surface area contributed by atoms with E-state index in [2.05, 4.69) is 31.4 Å². The summed E-state index contributed by atoms with van der Waals surface area (Å²) in [5.74, 6) is 0.00557. The lowest BCUT2D eigenvalue weighted by Crippen LogP contribution is -2.70. The minimum atomic E-state index is -1.50. The predicted molar refractivity (Wildman–Crippen MR) is 245 cm³/mol. The maximum Gasteiger partial charge on any atom is 0.254 e. The summed E-state index contributed by atoms with van der Waals surface area (Å²) in [6, 6.07) is 29.4. The third-order valence-electron chi connectivity index (χ3n) is 12.9. The number of fused-ring (bicyclic) bond motifs is 3. The monoisotopic (exact) mass is 879 g/mol. The van der Waals surface area contributed by atoms with Crippen LogP contribution in [0.3, 0.4) is 0 Å². The van der Waals surface area contributed by atoms with E-state index in [0.717, 1.165) is 47.9 Å². The number of aliphatic hydroxyl groups excluding tert-OH is 2. The molecule has 6 atom stereocenters. The Morgan fingerprint density at radius 2 is 1.63 bits per heavy atom. The average Bonchev–Trinajstić information content (AvgIpc) is 3.82. The van der Waals surface area contributed by atoms with Crippen LogP contribution in [0.2, 0.25) is 0 Å². The van der Waals surface area contributed by atoms with Gasteiger partial charge in [-0.15, -0.1) is 6.58 Å². The largest absolute Gasteiger partial charge is 0.490 e. The van der Waals surface area contributed by atoms with E-state index < -0.39 is 17.7 Å². The first-order valence-electron chi connectivity index (χ1n) is 22.6. The molecule has 8 rings (SSSR count). The number of nitriles is 1. The Morgan fingerprint density at radius 1 is 0.877 bits per heavy atom. The van der Waals surface area contributed by atoms with Crippen LogP contribution in [0.5, 0.6) is 23.0 Å². The highest BCUT2D eigenvalue weighted by atomic mass is 16.7. The van der Waals surface area contributed by atoms with Gasteiger partial charge in [0.05, 0.1) is 29.9 Å². The van der Waals surface area contributed by atoms with Gasteiger partial charge in [0.15, 0.2) is 11.5 Å². The molecule has 4 aliphatic rings. The maximum atomic E-state index is 15.5. The van der Waals surface area contributed by atoms with Crippen molar-refractivity contribution in [3.05, 3.63) is 156 Å². The molecule has 338 valence electrons. The zero-order valence-corrected chi connectivity index (χ0v) is 36.7. The quantitative estimate of drug-likeness (QED) is 0.0471. The van der Waals surface area contributed by atoms with Crippen LogP contribution in [0.15, 0.2) is 133 Å². The SMILES string of the molecule is C=CCOc1ccc2c(c1)C1C(CCCCO)C(CCCCO)C=C3C(=NOCc4ccccc4)CC(N(Cc4ccc5c(c4)OCO5)C(=O)c4ccc(C#N)cc4)C(OCC=C)(O2)C31. The summed E-state index contributed by atoms with van der Waals surface area (Å²) in [5, 5.41) is 34.6. The standard InChI is InChI=1S/C53H57N3O9/c1-3-26-60-41-21-23-46-44(30-41)50-42(15-9-11-25-58)40(14-8-10-24-57)29-43-45(55-64-34-37-12-6-5-7-13-37)31-49(53(65-46,51(43)50)63-27-4-2)56(52(59)39-19-16-36(32-54)17-20-39)33-38-18-22-47-48(28-38)62-35-61-47/h3-7,12-13,16-23,28-30,40,42,49-51,57-58H,1-2,8-11,14-15,24-27,31,33-35H2. The van der Waals surface area contributed by atoms with Crippen LogP contribution in [0.1, 0.15) is 83.5 Å². The summed E-state index contributed by atoms with van der Waals surface area (Å²) in [7, 11) is 0. The van der Waals surface area contributed by atoms with Gasteiger partial charge >= 0.3 is 0 Å². The molecule has 1 fully saturated rings. The zero-order valence-electron chi connectivity index (χ0n) is 36.7. The number of unbranched alkanes of at least 4 members (excludes halogenated alkanes) is 2. The first-order chi connectivity index (χ1) is 31.9. The highest BCUT2D eigenvalue weighted by Gasteiger charge is 2.65. The molecule has 2 aliphatic heterocycles. The number of rotatable bonds is 21. The smallest absolute Gasteiger partial charge is 0.254 e. The Morgan fingerprint density at radius 3 is 2.38 bits per heavy atom. The second kappa shape index (κ2) is 21.1. The molecule has 65 heavy (non-hydrogen) atoms. The van der Waals surface area contributed by atoms with Crippen LogP contribution in [-0.2, 0) is 22.7 Å². The summed E-state index contributed by atoms with van der Waals surface area (Å²) in [5.41, 5.74) is 5.11. The van der Waals surface area contributed by atoms with E-state index in [4.69, 9.17) is 33.7 Å². The van der Waals surface area contributed by atoms with E-state index in [1.54, 1.807) is 36.4 Å². The van der Waals surface area contributed by atoms with Crippen LogP contribution in [-0.4, -0.2) is 71.8 Å². The topological polar surface area (TPSA) is 152 Å². The molecule has 1 saturated carbocycles. The Hall–Kier alpha value is -6.39. The van der Waals surface area contributed by atoms with Gasteiger partial charge in [-0.3, -0.25) is 4.79 Å². The summed E-state index contributed by atoms with van der Waals surface area (Å²) in [6.07, 6.45) is 10.4. The van der Waals surface area contributed by atoms with Crippen molar-refractivity contribution in [2.75, 3.05) is 33.2 Å². The number of carbonyl (C=O) groups excluding carboxylic acids is 1. The Bertz CT molecular complexity index is 2410. The molecule has 2 N–H and O–H groups in total. The van der Waals surface area contributed by atoms with E-state index in [1.165, 1.54) is 0 Å². The van der Waals surface area contributed by atoms with Gasteiger partial charge in [0.1, 0.15) is 30.8 Å². The Balaban J connectivity index is 1.36. The highest BCUT2D eigenvalue weighted by molar-refractivity contribution is 6.03. The minimum Gasteiger partial charge on any atom is -0.490 e. The van der Waals surface area contributed by atoms with Gasteiger partial charge in [-0.2, -0.15) is 5.26 Å². The highest BCUT2D eigenvalue weighted by Crippen LogP contribution is 2.62. The number of aliphatic hydroxyl groups is 2. The number of nitrogens with zero attached hydrogens (tertiary/aromatic N) is 3.